The number of fused-ring (bicyclic) bond motifs is 3. The molecule has 0 radical (unpaired) electrons. The number of phosphoric ester groups is 1. The van der Waals surface area contributed by atoms with Gasteiger partial charge in [0.05, 0.1) is 25.2 Å². The molecule has 0 atom stereocenters. The van der Waals surface area contributed by atoms with Crippen LogP contribution in [0.5, 0.6) is 0 Å². The molecule has 3 rings (SSSR count). The van der Waals surface area contributed by atoms with E-state index in [2.05, 4.69) is 19.6 Å². The molecule has 3 aliphatic rings. The van der Waals surface area contributed by atoms with E-state index in [1.807, 2.05) is 0 Å². The first-order valence-corrected chi connectivity index (χ1v) is 9.87. The molecule has 0 unspecified atom stereocenters. The Morgan fingerprint density at radius 3 is 2.07 bits per heavy atom. The van der Waals surface area contributed by atoms with Crippen molar-refractivity contribution in [1.29, 1.82) is 0 Å². The first-order valence-electron chi connectivity index (χ1n) is 5.00. The van der Waals surface area contributed by atoms with Crippen molar-refractivity contribution in [3.05, 3.63) is 0 Å². The fourth-order valence-corrected chi connectivity index (χ4v) is 3.64. The smallest absolute Gasteiger partial charge is 0.417 e. The zero-order valence-electron chi connectivity index (χ0n) is 9.32. The quantitative estimate of drug-likeness (QED) is 0.568. The Labute approximate surface area is 90.8 Å². The molecule has 3 saturated heterocycles. The molecular formula is C8H17O5PSi. The molecule has 0 N–H and O–H groups in total. The summed E-state index contributed by atoms with van der Waals surface area (Å²) in [5, 5.41) is 0. The summed E-state index contributed by atoms with van der Waals surface area (Å²) in [6.45, 7) is 8.18. The maximum Gasteiger partial charge on any atom is 0.474 e. The Balaban J connectivity index is 1.95. The van der Waals surface area contributed by atoms with E-state index in [-0.39, 0.29) is 5.41 Å². The lowest BCUT2D eigenvalue weighted by Gasteiger charge is -2.44. The minimum absolute atomic E-state index is 0.257. The Bertz CT molecular complexity index is 269. The summed E-state index contributed by atoms with van der Waals surface area (Å²) in [7, 11) is -4.72. The van der Waals surface area contributed by atoms with Crippen molar-refractivity contribution in [2.75, 3.05) is 26.4 Å². The van der Waals surface area contributed by atoms with Gasteiger partial charge in [-0.25, -0.2) is 4.57 Å². The summed E-state index contributed by atoms with van der Waals surface area (Å²) in [6.07, 6.45) is 0. The third kappa shape index (κ3) is 2.70. The van der Waals surface area contributed by atoms with Gasteiger partial charge in [0.2, 0.25) is 0 Å². The van der Waals surface area contributed by atoms with Crippen LogP contribution in [0.15, 0.2) is 0 Å². The Kier molecular flexibility index (Phi) is 2.86. The van der Waals surface area contributed by atoms with Crippen molar-refractivity contribution in [3.63, 3.8) is 0 Å². The normalized spacial score (nSPS) is 40.7. The van der Waals surface area contributed by atoms with Gasteiger partial charge in [0.25, 0.3) is 0 Å². The lowest BCUT2D eigenvalue weighted by Crippen LogP contribution is -2.49. The van der Waals surface area contributed by atoms with Gasteiger partial charge in [-0.3, -0.25) is 13.6 Å². The van der Waals surface area contributed by atoms with Crippen molar-refractivity contribution < 1.29 is 22.6 Å². The summed E-state index contributed by atoms with van der Waals surface area (Å²) in [5.74, 6) is 0. The first kappa shape index (κ1) is 11.8. The fourth-order valence-electron chi connectivity index (χ4n) is 1.38. The summed E-state index contributed by atoms with van der Waals surface area (Å²) >= 11 is 0. The molecule has 15 heavy (non-hydrogen) atoms. The largest absolute Gasteiger partial charge is 0.474 e. The van der Waals surface area contributed by atoms with E-state index in [1.54, 1.807) is 0 Å². The van der Waals surface area contributed by atoms with Crippen LogP contribution in [0.2, 0.25) is 19.6 Å². The Morgan fingerprint density at radius 2 is 1.67 bits per heavy atom. The van der Waals surface area contributed by atoms with Crippen LogP contribution in [0.25, 0.3) is 0 Å². The second kappa shape index (κ2) is 3.65. The van der Waals surface area contributed by atoms with Crippen molar-refractivity contribution in [2.45, 2.75) is 19.6 Å². The summed E-state index contributed by atoms with van der Waals surface area (Å²) in [6, 6.07) is 0. The van der Waals surface area contributed by atoms with Crippen LogP contribution in [0.1, 0.15) is 0 Å². The van der Waals surface area contributed by atoms with E-state index < -0.39 is 16.1 Å². The van der Waals surface area contributed by atoms with Crippen LogP contribution in [-0.2, 0) is 22.6 Å². The average Bonchev–Trinajstić information content (AvgIpc) is 2.16. The first-order chi connectivity index (χ1) is 6.83. The van der Waals surface area contributed by atoms with E-state index in [0.29, 0.717) is 26.4 Å². The van der Waals surface area contributed by atoms with E-state index in [0.717, 1.165) is 0 Å². The molecule has 0 aliphatic carbocycles. The van der Waals surface area contributed by atoms with Crippen LogP contribution < -0.4 is 0 Å². The van der Waals surface area contributed by atoms with Crippen LogP contribution in [0, 0.1) is 5.41 Å². The van der Waals surface area contributed by atoms with Gasteiger partial charge in [0.15, 0.2) is 8.32 Å². The number of phosphoric acid groups is 1. The summed E-state index contributed by atoms with van der Waals surface area (Å²) < 4.78 is 32.6. The van der Waals surface area contributed by atoms with Crippen LogP contribution in [0.3, 0.4) is 0 Å². The topological polar surface area (TPSA) is 54.0 Å². The molecule has 5 nitrogen and oxygen atoms in total. The Morgan fingerprint density at radius 1 is 1.20 bits per heavy atom. The molecule has 2 bridgehead atoms. The molecule has 0 spiro atoms. The molecule has 3 heterocycles. The highest BCUT2D eigenvalue weighted by molar-refractivity contribution is 7.48. The second-order valence-corrected chi connectivity index (χ2v) is 11.4. The van der Waals surface area contributed by atoms with Crippen LogP contribution in [-0.4, -0.2) is 34.7 Å². The molecule has 88 valence electrons. The molecule has 0 amide bonds. The predicted molar refractivity (Wildman–Crippen MR) is 57.2 cm³/mol. The molecule has 0 saturated carbocycles. The van der Waals surface area contributed by atoms with E-state index in [9.17, 15) is 4.57 Å². The van der Waals surface area contributed by atoms with Gasteiger partial charge in [-0.05, 0) is 19.6 Å². The zero-order valence-corrected chi connectivity index (χ0v) is 11.2. The van der Waals surface area contributed by atoms with Gasteiger partial charge >= 0.3 is 7.82 Å². The van der Waals surface area contributed by atoms with Gasteiger partial charge in [0.1, 0.15) is 0 Å². The molecular weight excluding hydrogens is 235 g/mol. The maximum absolute atomic E-state index is 11.5. The third-order valence-corrected chi connectivity index (χ3v) is 4.74. The highest BCUT2D eigenvalue weighted by Crippen LogP contribution is 2.60. The number of rotatable bonds is 3. The third-order valence-electron chi connectivity index (χ3n) is 2.40. The monoisotopic (exact) mass is 252 g/mol. The minimum atomic E-state index is -3.18. The minimum Gasteiger partial charge on any atom is -0.417 e. The summed E-state index contributed by atoms with van der Waals surface area (Å²) in [5.41, 5.74) is -0.257. The molecule has 0 aromatic rings. The molecule has 0 aromatic carbocycles. The van der Waals surface area contributed by atoms with Crippen molar-refractivity contribution in [3.8, 4) is 0 Å². The van der Waals surface area contributed by atoms with Gasteiger partial charge in [-0.2, -0.15) is 0 Å². The van der Waals surface area contributed by atoms with Gasteiger partial charge in [-0.1, -0.05) is 0 Å². The summed E-state index contributed by atoms with van der Waals surface area (Å²) in [4.78, 5) is 0. The van der Waals surface area contributed by atoms with Gasteiger partial charge in [0, 0.05) is 6.61 Å². The second-order valence-electron chi connectivity index (χ2n) is 5.17. The van der Waals surface area contributed by atoms with Crippen LogP contribution >= 0.6 is 7.82 Å². The highest BCUT2D eigenvalue weighted by atomic mass is 31.2. The molecule has 3 aliphatic heterocycles. The SMILES string of the molecule is C[Si](C)(C)OCC12COP(=O)(OC1)OC2. The number of hydrogen-bond donors (Lipinski definition) is 0. The van der Waals surface area contributed by atoms with Gasteiger partial charge in [-0.15, -0.1) is 0 Å². The van der Waals surface area contributed by atoms with Crippen LogP contribution in [0.4, 0.5) is 0 Å². The fraction of sp³-hybridized carbons (Fsp3) is 1.00. The lowest BCUT2D eigenvalue weighted by atomic mass is 9.93. The molecule has 3 fully saturated rings. The van der Waals surface area contributed by atoms with Crippen molar-refractivity contribution in [2.24, 2.45) is 5.41 Å². The average molecular weight is 252 g/mol. The lowest BCUT2D eigenvalue weighted by molar-refractivity contribution is -0.111. The van der Waals surface area contributed by atoms with E-state index in [1.165, 1.54) is 0 Å². The Hall–Kier alpha value is 0.287. The predicted octanol–water partition coefficient (Wildman–Crippen LogP) is 2.01. The molecule has 7 heteroatoms. The molecule has 0 aromatic heterocycles. The van der Waals surface area contributed by atoms with Crippen molar-refractivity contribution >= 4 is 16.1 Å². The standard InChI is InChI=1S/C8H17O5PSi/c1-15(2,3)13-7-8-4-10-14(9,11-5-8)12-6-8/h4-7H2,1-3H3. The van der Waals surface area contributed by atoms with E-state index >= 15 is 0 Å². The van der Waals surface area contributed by atoms with Gasteiger partial charge < -0.3 is 4.43 Å². The zero-order chi connectivity index (χ0) is 11.2. The number of hydrogen-bond acceptors (Lipinski definition) is 5. The van der Waals surface area contributed by atoms with Crippen molar-refractivity contribution in [1.82, 2.24) is 0 Å². The maximum atomic E-state index is 11.5. The highest BCUT2D eigenvalue weighted by Gasteiger charge is 2.51. The van der Waals surface area contributed by atoms with E-state index in [4.69, 9.17) is 18.0 Å².